The number of sulfonamides is 1. The zero-order valence-corrected chi connectivity index (χ0v) is 22.6. The Balaban J connectivity index is 1.62. The van der Waals surface area contributed by atoms with Gasteiger partial charge in [-0.25, -0.2) is 18.4 Å². The van der Waals surface area contributed by atoms with Gasteiger partial charge in [0.05, 0.1) is 28.2 Å². The summed E-state index contributed by atoms with van der Waals surface area (Å²) in [7, 11) is -3.46. The molecule has 0 radical (unpaired) electrons. The van der Waals surface area contributed by atoms with Crippen molar-refractivity contribution in [2.75, 3.05) is 10.5 Å². The monoisotopic (exact) mass is 529 g/mol. The van der Waals surface area contributed by atoms with E-state index in [1.807, 2.05) is 57.2 Å². The Hall–Kier alpha value is -3.90. The molecule has 0 atom stereocenters. The van der Waals surface area contributed by atoms with Crippen molar-refractivity contribution in [2.45, 2.75) is 52.5 Å². The highest BCUT2D eigenvalue weighted by molar-refractivity contribution is 7.92. The minimum Gasteiger partial charge on any atom is -0.424 e. The van der Waals surface area contributed by atoms with E-state index in [0.29, 0.717) is 23.4 Å². The molecule has 2 aromatic heterocycles. The lowest BCUT2D eigenvalue weighted by Crippen LogP contribution is -2.21. The van der Waals surface area contributed by atoms with Gasteiger partial charge < -0.3 is 9.30 Å². The second-order valence-electron chi connectivity index (χ2n) is 10.1. The molecule has 1 aliphatic carbocycles. The molecular formula is C29H31N5O3S. The van der Waals surface area contributed by atoms with E-state index < -0.39 is 10.0 Å². The number of fused-ring (bicyclic) bond motifs is 1. The number of rotatable bonds is 9. The Morgan fingerprint density at radius 2 is 1.92 bits per heavy atom. The van der Waals surface area contributed by atoms with Crippen molar-refractivity contribution in [2.24, 2.45) is 5.92 Å². The Morgan fingerprint density at radius 3 is 2.55 bits per heavy atom. The van der Waals surface area contributed by atoms with Gasteiger partial charge in [-0.15, -0.1) is 0 Å². The van der Waals surface area contributed by atoms with E-state index in [1.165, 1.54) is 0 Å². The van der Waals surface area contributed by atoms with Gasteiger partial charge in [0.25, 0.3) is 0 Å². The molecule has 2 aromatic carbocycles. The number of nitriles is 1. The molecule has 2 heterocycles. The van der Waals surface area contributed by atoms with Gasteiger partial charge in [-0.2, -0.15) is 5.26 Å². The summed E-state index contributed by atoms with van der Waals surface area (Å²) >= 11 is 0. The van der Waals surface area contributed by atoms with E-state index in [9.17, 15) is 13.7 Å². The first-order valence-electron chi connectivity index (χ1n) is 13.0. The van der Waals surface area contributed by atoms with Crippen molar-refractivity contribution in [3.63, 3.8) is 0 Å². The van der Waals surface area contributed by atoms with E-state index in [0.717, 1.165) is 47.0 Å². The number of hydrogen-bond donors (Lipinski definition) is 1. The fourth-order valence-corrected chi connectivity index (χ4v) is 6.49. The molecule has 5 rings (SSSR count). The molecule has 8 nitrogen and oxygen atoms in total. The van der Waals surface area contributed by atoms with Crippen molar-refractivity contribution in [3.05, 3.63) is 66.0 Å². The first-order valence-corrected chi connectivity index (χ1v) is 14.6. The Kier molecular flexibility index (Phi) is 7.09. The van der Waals surface area contributed by atoms with Gasteiger partial charge in [-0.05, 0) is 73.1 Å². The van der Waals surface area contributed by atoms with Crippen LogP contribution in [0.15, 0.2) is 54.9 Å². The lowest BCUT2D eigenvalue weighted by Gasteiger charge is -2.30. The Labute approximate surface area is 223 Å². The highest BCUT2D eigenvalue weighted by Crippen LogP contribution is 2.44. The fraction of sp³-hybridized carbons (Fsp3) is 0.345. The van der Waals surface area contributed by atoms with Gasteiger partial charge in [-0.1, -0.05) is 26.8 Å². The maximum absolute atomic E-state index is 12.6. The van der Waals surface area contributed by atoms with Crippen molar-refractivity contribution in [3.8, 4) is 29.1 Å². The lowest BCUT2D eigenvalue weighted by atomic mass is 9.92. The minimum atomic E-state index is -3.46. The van der Waals surface area contributed by atoms with Crippen LogP contribution in [0.1, 0.15) is 57.2 Å². The predicted octanol–water partition coefficient (Wildman–Crippen LogP) is 6.45. The quantitative estimate of drug-likeness (QED) is 0.267. The smallest absolute Gasteiger partial charge is 0.321 e. The van der Waals surface area contributed by atoms with Crippen LogP contribution in [0.25, 0.3) is 22.2 Å². The van der Waals surface area contributed by atoms with Crippen molar-refractivity contribution >= 4 is 26.6 Å². The second-order valence-corrected chi connectivity index (χ2v) is 11.9. The van der Waals surface area contributed by atoms with E-state index in [4.69, 9.17) is 4.74 Å². The van der Waals surface area contributed by atoms with Crippen LogP contribution in [0, 0.1) is 17.2 Å². The molecular weight excluding hydrogens is 498 g/mol. The van der Waals surface area contributed by atoms with Gasteiger partial charge >= 0.3 is 6.01 Å². The fourth-order valence-electron chi connectivity index (χ4n) is 5.00. The van der Waals surface area contributed by atoms with Crippen molar-refractivity contribution < 1.29 is 13.2 Å². The molecule has 0 saturated heterocycles. The van der Waals surface area contributed by atoms with Crippen LogP contribution in [-0.4, -0.2) is 28.7 Å². The number of aromatic nitrogens is 3. The van der Waals surface area contributed by atoms with Crippen molar-refractivity contribution in [1.29, 1.82) is 5.26 Å². The van der Waals surface area contributed by atoms with Crippen LogP contribution < -0.4 is 9.46 Å². The summed E-state index contributed by atoms with van der Waals surface area (Å²) in [5, 5.41) is 11.1. The summed E-state index contributed by atoms with van der Waals surface area (Å²) in [5.41, 5.74) is 4.74. The summed E-state index contributed by atoms with van der Waals surface area (Å²) in [6, 6.07) is 16.1. The zero-order chi connectivity index (χ0) is 26.9. The second kappa shape index (κ2) is 10.5. The number of hydrogen-bond acceptors (Lipinski definition) is 6. The molecule has 196 valence electrons. The van der Waals surface area contributed by atoms with E-state index in [2.05, 4.69) is 25.3 Å². The van der Waals surface area contributed by atoms with Gasteiger partial charge in [0, 0.05) is 29.9 Å². The van der Waals surface area contributed by atoms with Gasteiger partial charge in [-0.3, -0.25) is 4.72 Å². The number of nitrogens with one attached hydrogen (secondary N) is 1. The number of aryl methyl sites for hydroxylation is 1. The molecule has 9 heteroatoms. The average Bonchev–Trinajstić information content (AvgIpc) is 3.16. The van der Waals surface area contributed by atoms with Crippen LogP contribution in [0.3, 0.4) is 0 Å². The highest BCUT2D eigenvalue weighted by Gasteiger charge is 2.28. The van der Waals surface area contributed by atoms with E-state index in [-0.39, 0.29) is 23.7 Å². The number of nitrogens with zero attached hydrogens (tertiary/aromatic N) is 4. The number of benzene rings is 2. The molecule has 38 heavy (non-hydrogen) atoms. The van der Waals surface area contributed by atoms with Crippen LogP contribution in [0.2, 0.25) is 0 Å². The molecule has 0 spiro atoms. The third kappa shape index (κ3) is 5.09. The van der Waals surface area contributed by atoms with E-state index in [1.54, 1.807) is 18.5 Å². The normalized spacial score (nSPS) is 13.9. The zero-order valence-electron chi connectivity index (χ0n) is 21.8. The van der Waals surface area contributed by atoms with Gasteiger partial charge in [0.1, 0.15) is 11.8 Å². The summed E-state index contributed by atoms with van der Waals surface area (Å²) in [6.07, 6.45) is 7.10. The Bertz CT molecular complexity index is 1620. The van der Waals surface area contributed by atoms with E-state index >= 15 is 0 Å². The largest absolute Gasteiger partial charge is 0.424 e. The summed E-state index contributed by atoms with van der Waals surface area (Å²) in [5.74, 6) is 0.683. The number of ether oxygens (including phenoxy) is 1. The molecule has 0 unspecified atom stereocenters. The molecule has 1 aliphatic rings. The van der Waals surface area contributed by atoms with Crippen LogP contribution in [0.4, 0.5) is 5.69 Å². The topological polar surface area (TPSA) is 110 Å². The average molecular weight is 530 g/mol. The maximum atomic E-state index is 12.6. The third-order valence-electron chi connectivity index (χ3n) is 6.86. The Morgan fingerprint density at radius 1 is 1.16 bits per heavy atom. The molecule has 0 bridgehead atoms. The minimum absolute atomic E-state index is 0.0237. The predicted molar refractivity (Wildman–Crippen MR) is 149 cm³/mol. The molecule has 0 amide bonds. The molecule has 4 aromatic rings. The SMILES string of the molecule is CCc1cc(-c2c(C#N)c3ccc(Oc4ncccn4)cc3n2C2CCC2)ccc1NS(=O)(=O)CC(C)C. The summed E-state index contributed by atoms with van der Waals surface area (Å²) in [4.78, 5) is 8.31. The third-order valence-corrected chi connectivity index (χ3v) is 8.49. The van der Waals surface area contributed by atoms with Gasteiger partial charge in [0.15, 0.2) is 0 Å². The summed E-state index contributed by atoms with van der Waals surface area (Å²) < 4.78 is 36.2. The lowest BCUT2D eigenvalue weighted by molar-refractivity contribution is 0.324. The first-order chi connectivity index (χ1) is 18.3. The van der Waals surface area contributed by atoms with Crippen molar-refractivity contribution in [1.82, 2.24) is 14.5 Å². The molecule has 1 fully saturated rings. The highest BCUT2D eigenvalue weighted by atomic mass is 32.2. The standard InChI is InChI=1S/C29H31N5O3S/c1-4-20-15-21(9-12-26(20)33-38(35,36)18-19(2)3)28-25(17-30)24-11-10-23(37-29-31-13-6-14-32-29)16-27(24)34(28)22-7-5-8-22/h6,9-16,19,22,33H,4-5,7-8,18H2,1-3H3. The first kappa shape index (κ1) is 25.7. The molecule has 0 aliphatic heterocycles. The van der Waals surface area contributed by atoms with Crippen LogP contribution in [0.5, 0.6) is 11.8 Å². The molecule has 1 N–H and O–H groups in total. The summed E-state index contributed by atoms with van der Waals surface area (Å²) in [6.45, 7) is 5.77. The number of anilines is 1. The van der Waals surface area contributed by atoms with Crippen LogP contribution in [-0.2, 0) is 16.4 Å². The van der Waals surface area contributed by atoms with Gasteiger partial charge in [0.2, 0.25) is 10.0 Å². The van der Waals surface area contributed by atoms with Crippen LogP contribution >= 0.6 is 0 Å². The molecule has 1 saturated carbocycles. The maximum Gasteiger partial charge on any atom is 0.321 e.